The van der Waals surface area contributed by atoms with E-state index in [2.05, 4.69) is 12.2 Å². The van der Waals surface area contributed by atoms with Gasteiger partial charge < -0.3 is 14.8 Å². The van der Waals surface area contributed by atoms with E-state index in [0.29, 0.717) is 23.7 Å². The number of amides is 1. The third-order valence-electron chi connectivity index (χ3n) is 3.58. The van der Waals surface area contributed by atoms with E-state index in [4.69, 9.17) is 9.47 Å². The highest BCUT2D eigenvalue weighted by Gasteiger charge is 2.10. The zero-order chi connectivity index (χ0) is 18.9. The van der Waals surface area contributed by atoms with Crippen LogP contribution in [0.3, 0.4) is 0 Å². The molecule has 2 aromatic carbocycles. The van der Waals surface area contributed by atoms with Crippen LogP contribution < -0.4 is 14.8 Å². The van der Waals surface area contributed by atoms with Crippen LogP contribution in [0.15, 0.2) is 42.5 Å². The van der Waals surface area contributed by atoms with Crippen molar-refractivity contribution in [3.05, 3.63) is 59.7 Å². The second-order valence-electron chi connectivity index (χ2n) is 5.53. The van der Waals surface area contributed by atoms with Crippen LogP contribution in [0.5, 0.6) is 11.5 Å². The van der Waals surface area contributed by atoms with Gasteiger partial charge in [0.05, 0.1) is 13.7 Å². The van der Waals surface area contributed by atoms with Gasteiger partial charge in [-0.15, -0.1) is 0 Å². The Morgan fingerprint density at radius 2 is 1.88 bits per heavy atom. The van der Waals surface area contributed by atoms with Gasteiger partial charge in [-0.05, 0) is 42.3 Å². The Morgan fingerprint density at radius 1 is 1.15 bits per heavy atom. The fraction of sp³-hybridized carbons (Fsp3) is 0.250. The lowest BCUT2D eigenvalue weighted by atomic mass is 10.2. The molecular formula is C20H21F2NO3. The van der Waals surface area contributed by atoms with Gasteiger partial charge in [-0.25, -0.2) is 8.78 Å². The monoisotopic (exact) mass is 361 g/mol. The molecule has 0 radical (unpaired) electrons. The molecule has 0 aliphatic rings. The average molecular weight is 361 g/mol. The quantitative estimate of drug-likeness (QED) is 0.542. The van der Waals surface area contributed by atoms with Crippen LogP contribution in [0.4, 0.5) is 14.5 Å². The Morgan fingerprint density at radius 3 is 2.54 bits per heavy atom. The largest absolute Gasteiger partial charge is 0.493 e. The molecule has 1 amide bonds. The van der Waals surface area contributed by atoms with Crippen molar-refractivity contribution < 1.29 is 23.0 Å². The van der Waals surface area contributed by atoms with E-state index in [-0.39, 0.29) is 0 Å². The van der Waals surface area contributed by atoms with E-state index in [1.807, 2.05) is 0 Å². The lowest BCUT2D eigenvalue weighted by Gasteiger charge is -2.11. The van der Waals surface area contributed by atoms with Crippen molar-refractivity contribution in [2.24, 2.45) is 0 Å². The van der Waals surface area contributed by atoms with Crippen LogP contribution in [-0.4, -0.2) is 19.6 Å². The molecule has 0 unspecified atom stereocenters. The fourth-order valence-electron chi connectivity index (χ4n) is 2.19. The van der Waals surface area contributed by atoms with E-state index in [0.717, 1.165) is 25.0 Å². The number of para-hydroxylation sites is 1. The predicted molar refractivity (Wildman–Crippen MR) is 97.4 cm³/mol. The van der Waals surface area contributed by atoms with Crippen molar-refractivity contribution in [3.8, 4) is 11.5 Å². The lowest BCUT2D eigenvalue weighted by Crippen LogP contribution is -2.10. The van der Waals surface area contributed by atoms with E-state index < -0.39 is 23.2 Å². The first-order chi connectivity index (χ1) is 12.5. The number of nitrogens with one attached hydrogen (secondary N) is 1. The highest BCUT2D eigenvalue weighted by atomic mass is 19.1. The Hall–Kier alpha value is -2.89. The third-order valence-corrected chi connectivity index (χ3v) is 3.58. The summed E-state index contributed by atoms with van der Waals surface area (Å²) >= 11 is 0. The molecule has 0 bridgehead atoms. The number of rotatable bonds is 8. The number of carbonyl (C=O) groups excluding carboxylic acids is 1. The Balaban J connectivity index is 2.06. The van der Waals surface area contributed by atoms with Gasteiger partial charge in [0.1, 0.15) is 17.3 Å². The summed E-state index contributed by atoms with van der Waals surface area (Å²) in [5.41, 5.74) is 0.216. The molecule has 0 spiro atoms. The maximum absolute atomic E-state index is 13.5. The number of anilines is 1. The fourth-order valence-corrected chi connectivity index (χ4v) is 2.19. The second kappa shape index (κ2) is 9.56. The van der Waals surface area contributed by atoms with Gasteiger partial charge in [0.15, 0.2) is 11.5 Å². The summed E-state index contributed by atoms with van der Waals surface area (Å²) in [5.74, 6) is -1.14. The molecule has 138 valence electrons. The molecule has 0 heterocycles. The molecule has 4 nitrogen and oxygen atoms in total. The van der Waals surface area contributed by atoms with Crippen molar-refractivity contribution in [3.63, 3.8) is 0 Å². The van der Waals surface area contributed by atoms with Crippen molar-refractivity contribution in [2.45, 2.75) is 19.8 Å². The Labute approximate surface area is 151 Å². The molecule has 0 saturated carbocycles. The molecule has 0 aliphatic carbocycles. The number of hydrogen-bond acceptors (Lipinski definition) is 3. The van der Waals surface area contributed by atoms with E-state index in [1.54, 1.807) is 18.2 Å². The van der Waals surface area contributed by atoms with Gasteiger partial charge in [0.25, 0.3) is 0 Å². The van der Waals surface area contributed by atoms with E-state index in [1.165, 1.54) is 25.3 Å². The minimum Gasteiger partial charge on any atom is -0.493 e. The van der Waals surface area contributed by atoms with Gasteiger partial charge in [-0.2, -0.15) is 0 Å². The second-order valence-corrected chi connectivity index (χ2v) is 5.53. The summed E-state index contributed by atoms with van der Waals surface area (Å²) in [6.07, 6.45) is 4.68. The average Bonchev–Trinajstić information content (AvgIpc) is 2.64. The summed E-state index contributed by atoms with van der Waals surface area (Å²) in [7, 11) is 1.53. The maximum Gasteiger partial charge on any atom is 0.248 e. The molecule has 6 heteroatoms. The number of halogens is 2. The lowest BCUT2D eigenvalue weighted by molar-refractivity contribution is -0.111. The molecule has 0 aliphatic heterocycles. The number of benzene rings is 2. The van der Waals surface area contributed by atoms with Gasteiger partial charge in [0.2, 0.25) is 5.91 Å². The first-order valence-corrected chi connectivity index (χ1v) is 8.29. The molecule has 26 heavy (non-hydrogen) atoms. The summed E-state index contributed by atoms with van der Waals surface area (Å²) in [6, 6.07) is 8.61. The number of methoxy groups -OCH3 is 1. The van der Waals surface area contributed by atoms with E-state index >= 15 is 0 Å². The van der Waals surface area contributed by atoms with Crippen LogP contribution in [0.2, 0.25) is 0 Å². The van der Waals surface area contributed by atoms with Gasteiger partial charge in [-0.1, -0.05) is 25.5 Å². The first-order valence-electron chi connectivity index (χ1n) is 8.29. The standard InChI is InChI=1S/C20H21F2NO3/c1-3-4-12-26-17-10-8-14(13-18(17)25-2)9-11-19(24)23-20-15(21)6-5-7-16(20)22/h5-11,13H,3-4,12H2,1-2H3,(H,23,24). The van der Waals surface area contributed by atoms with Gasteiger partial charge in [0, 0.05) is 6.08 Å². The van der Waals surface area contributed by atoms with Crippen LogP contribution in [-0.2, 0) is 4.79 Å². The van der Waals surface area contributed by atoms with Gasteiger partial charge in [-0.3, -0.25) is 4.79 Å². The highest BCUT2D eigenvalue weighted by Crippen LogP contribution is 2.28. The van der Waals surface area contributed by atoms with Crippen LogP contribution in [0.25, 0.3) is 6.08 Å². The minimum atomic E-state index is -0.831. The zero-order valence-corrected chi connectivity index (χ0v) is 14.7. The maximum atomic E-state index is 13.5. The minimum absolute atomic E-state index is 0.473. The molecule has 0 fully saturated rings. The van der Waals surface area contributed by atoms with E-state index in [9.17, 15) is 13.6 Å². The molecule has 0 atom stereocenters. The first kappa shape index (κ1) is 19.4. The number of unbranched alkanes of at least 4 members (excludes halogenated alkanes) is 1. The van der Waals surface area contributed by atoms with Crippen molar-refractivity contribution in [2.75, 3.05) is 19.0 Å². The predicted octanol–water partition coefficient (Wildman–Crippen LogP) is 4.80. The number of carbonyl (C=O) groups is 1. The summed E-state index contributed by atoms with van der Waals surface area (Å²) in [5, 5.41) is 2.19. The Kier molecular flexibility index (Phi) is 7.14. The number of hydrogen-bond donors (Lipinski definition) is 1. The van der Waals surface area contributed by atoms with Crippen LogP contribution in [0, 0.1) is 11.6 Å². The third kappa shape index (κ3) is 5.31. The van der Waals surface area contributed by atoms with Gasteiger partial charge >= 0.3 is 0 Å². The SMILES string of the molecule is CCCCOc1ccc(C=CC(=O)Nc2c(F)cccc2F)cc1OC. The number of ether oxygens (including phenoxy) is 2. The zero-order valence-electron chi connectivity index (χ0n) is 14.7. The molecule has 0 aromatic heterocycles. The summed E-state index contributed by atoms with van der Waals surface area (Å²) in [4.78, 5) is 11.9. The smallest absolute Gasteiger partial charge is 0.248 e. The van der Waals surface area contributed by atoms with Crippen molar-refractivity contribution >= 4 is 17.7 Å². The molecule has 2 rings (SSSR count). The highest BCUT2D eigenvalue weighted by molar-refractivity contribution is 6.02. The molecule has 2 aromatic rings. The molecule has 1 N–H and O–H groups in total. The topological polar surface area (TPSA) is 47.6 Å². The molecular weight excluding hydrogens is 340 g/mol. The molecule has 0 saturated heterocycles. The summed E-state index contributed by atoms with van der Waals surface area (Å²) in [6.45, 7) is 2.67. The van der Waals surface area contributed by atoms with Crippen LogP contribution >= 0.6 is 0 Å². The Bertz CT molecular complexity index is 770. The van der Waals surface area contributed by atoms with Crippen molar-refractivity contribution in [1.82, 2.24) is 0 Å². The summed E-state index contributed by atoms with van der Waals surface area (Å²) < 4.78 is 38.0. The normalized spacial score (nSPS) is 10.8. The van der Waals surface area contributed by atoms with Crippen LogP contribution in [0.1, 0.15) is 25.3 Å². The van der Waals surface area contributed by atoms with Crippen molar-refractivity contribution in [1.29, 1.82) is 0 Å².